The van der Waals surface area contributed by atoms with Crippen molar-refractivity contribution in [3.63, 3.8) is 0 Å². The fourth-order valence-electron chi connectivity index (χ4n) is 12.2. The molecule has 398 valence electrons. The number of aliphatic hydroxyl groups is 2. The summed E-state index contributed by atoms with van der Waals surface area (Å²) in [6, 6.07) is 0. The van der Waals surface area contributed by atoms with Crippen LogP contribution in [0.4, 0.5) is 0 Å². The Morgan fingerprint density at radius 2 is 1.62 bits per heavy atom. The molecule has 7 aliphatic heterocycles. The van der Waals surface area contributed by atoms with E-state index < -0.39 is 89.0 Å². The minimum absolute atomic E-state index is 0.0251. The van der Waals surface area contributed by atoms with Crippen molar-refractivity contribution in [2.24, 2.45) is 40.0 Å². The largest absolute Gasteiger partial charge is 0.507 e. The molecule has 8 aliphatic rings. The predicted molar refractivity (Wildman–Crippen MR) is 275 cm³/mol. The van der Waals surface area contributed by atoms with Crippen LogP contribution in [0.2, 0.25) is 0 Å². The van der Waals surface area contributed by atoms with Crippen LogP contribution in [0, 0.1) is 41.9 Å². The maximum Gasteiger partial charge on any atom is 0.315 e. The molecule has 0 radical (unpaired) electrons. The number of phenolic OH excluding ortho intramolecular Hbond substituents is 1. The molecule has 17 nitrogen and oxygen atoms in total. The third-order valence-corrected chi connectivity index (χ3v) is 16.9. The number of Topliss-reactive ketones (excluding diaryl/α,β-unsaturated/α-hetero) is 2. The van der Waals surface area contributed by atoms with Gasteiger partial charge in [0.25, 0.3) is 11.7 Å². The van der Waals surface area contributed by atoms with Crippen LogP contribution in [0.25, 0.3) is 0 Å². The fraction of sp³-hybridized carbons (Fsp3) is 0.643. The number of esters is 1. The van der Waals surface area contributed by atoms with E-state index in [0.717, 1.165) is 45.3 Å². The van der Waals surface area contributed by atoms with Crippen molar-refractivity contribution in [1.82, 2.24) is 25.3 Å². The van der Waals surface area contributed by atoms with E-state index in [9.17, 15) is 39.3 Å². The van der Waals surface area contributed by atoms with E-state index in [4.69, 9.17) is 19.2 Å². The van der Waals surface area contributed by atoms with Gasteiger partial charge in [-0.05, 0) is 89.4 Å². The number of nitrogens with one attached hydrogen (secondary N) is 2. The topological polar surface area (TPSA) is 220 Å². The second kappa shape index (κ2) is 21.1. The Morgan fingerprint density at radius 1 is 0.918 bits per heavy atom. The zero-order chi connectivity index (χ0) is 52.9. The number of ketones is 2. The highest BCUT2D eigenvalue weighted by molar-refractivity contribution is 6.34. The Balaban J connectivity index is 1.11. The first-order chi connectivity index (χ1) is 34.5. The Bertz CT molecular complexity index is 2530. The number of carbonyl (C=O) groups is 5. The molecule has 8 atom stereocenters. The number of aliphatic hydroxyl groups excluding tert-OH is 2. The number of aromatic hydroxyl groups is 1. The van der Waals surface area contributed by atoms with Crippen molar-refractivity contribution in [3.05, 3.63) is 69.8 Å². The van der Waals surface area contributed by atoms with Crippen LogP contribution >= 0.6 is 0 Å². The Labute approximate surface area is 430 Å². The van der Waals surface area contributed by atoms with Gasteiger partial charge in [-0.1, -0.05) is 59.8 Å². The number of hydrogen-bond donors (Lipinski definition) is 5. The molecule has 1 aromatic rings. The lowest BCUT2D eigenvalue weighted by Crippen LogP contribution is -2.51. The summed E-state index contributed by atoms with van der Waals surface area (Å²) in [6.45, 7) is 21.5. The highest BCUT2D eigenvalue weighted by Gasteiger charge is 2.54. The summed E-state index contributed by atoms with van der Waals surface area (Å²) < 4.78 is 18.7. The SMILES string of the molecule is C/C1=C/C=C/[C@H](C)[C@H](O)[C@@H](C)[C@@H](O)[C@@H](C)[C@H](OC(=O)CC(=O)N2CCCC3(CCN(C)CC3)C2)[C@H](C)C/C=C/O[C@@]2(C)Oc3c(C)c(O)c4c(c3C2=O)C2=NC3(CCN(CC(C)C)CC3)NC2=C(NC1=O)C4=O. The van der Waals surface area contributed by atoms with Gasteiger partial charge >= 0.3 is 11.8 Å². The van der Waals surface area contributed by atoms with Gasteiger partial charge in [0.15, 0.2) is 0 Å². The molecule has 0 unspecified atom stereocenters. The second-order valence-corrected chi connectivity index (χ2v) is 23.0. The highest BCUT2D eigenvalue weighted by atomic mass is 16.7. The lowest BCUT2D eigenvalue weighted by Gasteiger charge is -2.47. The van der Waals surface area contributed by atoms with Gasteiger partial charge in [-0.3, -0.25) is 29.0 Å². The van der Waals surface area contributed by atoms with Gasteiger partial charge in [0.1, 0.15) is 35.4 Å². The zero-order valence-corrected chi connectivity index (χ0v) is 44.5. The van der Waals surface area contributed by atoms with Crippen LogP contribution in [0.3, 0.4) is 0 Å². The second-order valence-electron chi connectivity index (χ2n) is 23.0. The number of phenols is 1. The third-order valence-electron chi connectivity index (χ3n) is 16.9. The molecular weight excluding hydrogens is 933 g/mol. The fourth-order valence-corrected chi connectivity index (χ4v) is 12.2. The van der Waals surface area contributed by atoms with E-state index in [2.05, 4.69) is 41.3 Å². The maximum absolute atomic E-state index is 14.9. The number of ether oxygens (including phenoxy) is 3. The number of fused-ring (bicyclic) bond motifs is 13. The zero-order valence-electron chi connectivity index (χ0n) is 44.5. The number of carbonyl (C=O) groups excluding carboxylic acids is 5. The molecule has 7 heterocycles. The number of likely N-dealkylation sites (tertiary alicyclic amines) is 3. The number of rotatable bonds is 5. The van der Waals surface area contributed by atoms with Crippen LogP contribution in [-0.4, -0.2) is 148 Å². The quantitative estimate of drug-likeness (QED) is 0.177. The Morgan fingerprint density at radius 3 is 2.30 bits per heavy atom. The molecule has 2 amide bonds. The average Bonchev–Trinajstić information content (AvgIpc) is 3.86. The molecule has 17 heteroatoms. The van der Waals surface area contributed by atoms with Crippen molar-refractivity contribution in [2.75, 3.05) is 52.9 Å². The van der Waals surface area contributed by atoms with E-state index in [1.54, 1.807) is 63.8 Å². The number of hydrogen-bond acceptors (Lipinski definition) is 15. The lowest BCUT2D eigenvalue weighted by molar-refractivity contribution is -0.163. The number of aliphatic imine (C=N–C) groups is 1. The monoisotopic (exact) mass is 1010 g/mol. The summed E-state index contributed by atoms with van der Waals surface area (Å²) in [5.74, 6) is -7.20. The molecule has 0 aromatic heterocycles. The standard InChI is InChI=1S/C56H78N6O11/c1-31(2)29-61-25-20-56(21-26-61)58-43-40-41-48(67)37(8)51-42(40)52(69)54(9,73-51)71-27-12-16-33(4)50(72-39(64)28-38(63)62-22-13-17-55(30-62)18-23-60(10)24-19-55)36(7)47(66)35(6)46(65)32(3)14-11-15-34(5)53(70)57-45(49(41)68)44(43)59-56/h11-12,14-15,27,31-33,35-36,46-47,50,59,65-67H,13,16-26,28-30H2,1-10H3,(H,57,70)/b14-11+,27-12+,34-15-/t32-,33+,35+,36+,46-,47+,50+,54-/m0/s1. The van der Waals surface area contributed by atoms with E-state index in [1.807, 2.05) is 6.92 Å². The average molecular weight is 1010 g/mol. The summed E-state index contributed by atoms with van der Waals surface area (Å²) in [5, 5.41) is 41.8. The van der Waals surface area contributed by atoms with E-state index in [0.29, 0.717) is 44.9 Å². The van der Waals surface area contributed by atoms with Crippen LogP contribution in [-0.2, 0) is 23.9 Å². The van der Waals surface area contributed by atoms with Gasteiger partial charge in [-0.2, -0.15) is 0 Å². The van der Waals surface area contributed by atoms with Crippen LogP contribution < -0.4 is 15.4 Å². The summed E-state index contributed by atoms with van der Waals surface area (Å²) in [4.78, 5) is 83.1. The molecule has 5 N–H and O–H groups in total. The summed E-state index contributed by atoms with van der Waals surface area (Å²) in [5.41, 5.74) is -0.133. The van der Waals surface area contributed by atoms with Gasteiger partial charge in [-0.15, -0.1) is 0 Å². The smallest absolute Gasteiger partial charge is 0.315 e. The highest BCUT2D eigenvalue weighted by Crippen LogP contribution is 2.50. The normalized spacial score (nSPS) is 32.5. The summed E-state index contributed by atoms with van der Waals surface area (Å²) in [6.07, 6.45) is 9.60. The summed E-state index contributed by atoms with van der Waals surface area (Å²) >= 11 is 0. The van der Waals surface area contributed by atoms with Gasteiger partial charge in [-0.25, -0.2) is 0 Å². The van der Waals surface area contributed by atoms with Crippen molar-refractivity contribution >= 4 is 35.1 Å². The minimum atomic E-state index is -1.95. The predicted octanol–water partition coefficient (Wildman–Crippen LogP) is 5.70. The van der Waals surface area contributed by atoms with Crippen LogP contribution in [0.1, 0.15) is 139 Å². The Kier molecular flexibility index (Phi) is 15.6. The molecule has 73 heavy (non-hydrogen) atoms. The van der Waals surface area contributed by atoms with Crippen LogP contribution in [0.15, 0.2) is 52.5 Å². The van der Waals surface area contributed by atoms with E-state index in [-0.39, 0.29) is 68.4 Å². The first-order valence-electron chi connectivity index (χ1n) is 26.5. The van der Waals surface area contributed by atoms with Crippen molar-refractivity contribution in [1.29, 1.82) is 0 Å². The summed E-state index contributed by atoms with van der Waals surface area (Å²) in [7, 11) is 2.11. The molecule has 5 bridgehead atoms. The van der Waals surface area contributed by atoms with Gasteiger partial charge < -0.3 is 54.9 Å². The molecule has 9 rings (SSSR count). The number of piperidine rings is 3. The molecule has 2 spiro atoms. The molecule has 1 aromatic carbocycles. The van der Waals surface area contributed by atoms with E-state index in [1.165, 1.54) is 13.2 Å². The molecular formula is C56H78N6O11. The third kappa shape index (κ3) is 10.7. The first kappa shape index (κ1) is 53.9. The number of nitrogens with zero attached hydrogens (tertiary/aromatic N) is 4. The van der Waals surface area contributed by atoms with Gasteiger partial charge in [0.2, 0.25) is 11.7 Å². The number of amides is 2. The molecule has 3 saturated heterocycles. The minimum Gasteiger partial charge on any atom is -0.507 e. The van der Waals surface area contributed by atoms with E-state index >= 15 is 0 Å². The van der Waals surface area contributed by atoms with Crippen molar-refractivity contribution < 1.29 is 53.5 Å². The lowest BCUT2D eigenvalue weighted by atomic mass is 9.72. The van der Waals surface area contributed by atoms with Crippen molar-refractivity contribution in [3.8, 4) is 11.5 Å². The first-order valence-corrected chi connectivity index (χ1v) is 26.5. The Hall–Kier alpha value is -5.36. The molecule has 3 fully saturated rings. The number of benzene rings is 1. The van der Waals surface area contributed by atoms with Gasteiger partial charge in [0.05, 0.1) is 41.0 Å². The van der Waals surface area contributed by atoms with Gasteiger partial charge in [0, 0.05) is 86.9 Å². The number of allylic oxidation sites excluding steroid dienone is 5. The molecule has 1 aliphatic carbocycles. The van der Waals surface area contributed by atoms with Crippen molar-refractivity contribution in [2.45, 2.75) is 143 Å². The molecule has 0 saturated carbocycles. The maximum atomic E-state index is 14.9. The van der Waals surface area contributed by atoms with Crippen LogP contribution in [0.5, 0.6) is 11.5 Å².